The van der Waals surface area contributed by atoms with Crippen LogP contribution in [0.3, 0.4) is 0 Å². The molecule has 1 atom stereocenters. The predicted octanol–water partition coefficient (Wildman–Crippen LogP) is 2.48. The summed E-state index contributed by atoms with van der Waals surface area (Å²) in [4.78, 5) is 29.7. The molecule has 2 aromatic carbocycles. The minimum atomic E-state index is -0.651. The molecule has 1 heterocycles. The van der Waals surface area contributed by atoms with Crippen molar-refractivity contribution in [2.24, 2.45) is 0 Å². The number of hydrogen-bond acceptors (Lipinski definition) is 4. The van der Waals surface area contributed by atoms with Crippen molar-refractivity contribution in [2.75, 3.05) is 39.8 Å². The van der Waals surface area contributed by atoms with Crippen LogP contribution in [0.25, 0.3) is 0 Å². The molecule has 0 bridgehead atoms. The Bertz CT molecular complexity index is 774. The second-order valence-electron chi connectivity index (χ2n) is 7.30. The summed E-state index contributed by atoms with van der Waals surface area (Å²) in [6, 6.07) is 18.3. The first-order valence-corrected chi connectivity index (χ1v) is 10.1. The Kier molecular flexibility index (Phi) is 7.64. The lowest BCUT2D eigenvalue weighted by atomic mass is 10.0. The molecule has 154 valence electrons. The lowest BCUT2D eigenvalue weighted by Gasteiger charge is -2.35. The molecule has 0 aromatic heterocycles. The molecular weight excluding hydrogens is 366 g/mol. The van der Waals surface area contributed by atoms with Crippen molar-refractivity contribution >= 4 is 11.8 Å². The minimum absolute atomic E-state index is 0.0433. The lowest BCUT2D eigenvalue weighted by Crippen LogP contribution is -2.51. The molecule has 6 heteroatoms. The van der Waals surface area contributed by atoms with E-state index in [1.54, 1.807) is 0 Å². The van der Waals surface area contributed by atoms with Crippen molar-refractivity contribution in [3.05, 3.63) is 66.2 Å². The molecule has 0 radical (unpaired) electrons. The minimum Gasteiger partial charge on any atom is -0.494 e. The fraction of sp³-hybridized carbons (Fsp3) is 0.391. The van der Waals surface area contributed by atoms with Crippen molar-refractivity contribution < 1.29 is 14.3 Å². The van der Waals surface area contributed by atoms with Crippen LogP contribution in [0.4, 0.5) is 0 Å². The summed E-state index contributed by atoms with van der Waals surface area (Å²) in [5, 5.41) is 2.94. The SMILES string of the molecule is CN1CCN(C(=O)[C@@H](NC(=O)CCCOc2ccccc2)c2ccccc2)CC1. The number of likely N-dealkylation sites (N-methyl/N-ethyl adjacent to an activating group) is 1. The number of para-hydroxylation sites is 1. The standard InChI is InChI=1S/C23H29N3O3/c1-25-14-16-26(17-15-25)23(28)22(19-9-4-2-5-10-19)24-21(27)13-8-18-29-20-11-6-3-7-12-20/h2-7,9-12,22H,8,13-18H2,1H3,(H,24,27)/t22-/m0/s1. The maximum absolute atomic E-state index is 13.1. The molecule has 29 heavy (non-hydrogen) atoms. The average Bonchev–Trinajstić information content (AvgIpc) is 2.76. The van der Waals surface area contributed by atoms with Gasteiger partial charge < -0.3 is 19.9 Å². The van der Waals surface area contributed by atoms with Gasteiger partial charge in [-0.15, -0.1) is 0 Å². The number of hydrogen-bond donors (Lipinski definition) is 1. The molecule has 0 saturated carbocycles. The van der Waals surface area contributed by atoms with Gasteiger partial charge in [0, 0.05) is 32.6 Å². The highest BCUT2D eigenvalue weighted by molar-refractivity contribution is 5.88. The van der Waals surface area contributed by atoms with E-state index in [0.717, 1.165) is 24.4 Å². The van der Waals surface area contributed by atoms with E-state index < -0.39 is 6.04 Å². The molecule has 1 N–H and O–H groups in total. The van der Waals surface area contributed by atoms with Crippen molar-refractivity contribution in [3.8, 4) is 5.75 Å². The van der Waals surface area contributed by atoms with E-state index in [1.165, 1.54) is 0 Å². The monoisotopic (exact) mass is 395 g/mol. The number of rotatable bonds is 8. The van der Waals surface area contributed by atoms with Gasteiger partial charge in [-0.1, -0.05) is 48.5 Å². The Morgan fingerprint density at radius 2 is 1.59 bits per heavy atom. The van der Waals surface area contributed by atoms with Gasteiger partial charge in [-0.05, 0) is 31.2 Å². The van der Waals surface area contributed by atoms with E-state index in [4.69, 9.17) is 4.74 Å². The number of ether oxygens (including phenoxy) is 1. The first-order valence-electron chi connectivity index (χ1n) is 10.1. The number of piperazine rings is 1. The molecule has 2 amide bonds. The van der Waals surface area contributed by atoms with E-state index in [2.05, 4.69) is 17.3 Å². The van der Waals surface area contributed by atoms with Gasteiger partial charge in [-0.3, -0.25) is 9.59 Å². The van der Waals surface area contributed by atoms with E-state index >= 15 is 0 Å². The lowest BCUT2D eigenvalue weighted by molar-refractivity contribution is -0.138. The van der Waals surface area contributed by atoms with Crippen molar-refractivity contribution in [2.45, 2.75) is 18.9 Å². The number of carbonyl (C=O) groups is 2. The summed E-state index contributed by atoms with van der Waals surface area (Å²) in [5.74, 6) is 0.608. The molecule has 1 aliphatic heterocycles. The highest BCUT2D eigenvalue weighted by atomic mass is 16.5. The molecular formula is C23H29N3O3. The van der Waals surface area contributed by atoms with Gasteiger partial charge in [0.05, 0.1) is 6.61 Å². The predicted molar refractivity (Wildman–Crippen MR) is 113 cm³/mol. The summed E-state index contributed by atoms with van der Waals surface area (Å²) in [7, 11) is 2.05. The third-order valence-electron chi connectivity index (χ3n) is 5.06. The second-order valence-corrected chi connectivity index (χ2v) is 7.30. The maximum Gasteiger partial charge on any atom is 0.249 e. The van der Waals surface area contributed by atoms with Crippen LogP contribution in [0, 0.1) is 0 Å². The Balaban J connectivity index is 1.55. The van der Waals surface area contributed by atoms with Gasteiger partial charge in [0.25, 0.3) is 0 Å². The fourth-order valence-corrected chi connectivity index (χ4v) is 3.32. The molecule has 1 fully saturated rings. The first kappa shape index (κ1) is 20.9. The smallest absolute Gasteiger partial charge is 0.249 e. The number of carbonyl (C=O) groups excluding carboxylic acids is 2. The molecule has 0 spiro atoms. The number of nitrogens with zero attached hydrogens (tertiary/aromatic N) is 2. The zero-order valence-corrected chi connectivity index (χ0v) is 16.9. The van der Waals surface area contributed by atoms with Crippen LogP contribution in [0.2, 0.25) is 0 Å². The van der Waals surface area contributed by atoms with Crippen LogP contribution in [0.15, 0.2) is 60.7 Å². The maximum atomic E-state index is 13.1. The Hall–Kier alpha value is -2.86. The van der Waals surface area contributed by atoms with Gasteiger partial charge >= 0.3 is 0 Å². The molecule has 2 aromatic rings. The molecule has 6 nitrogen and oxygen atoms in total. The summed E-state index contributed by atoms with van der Waals surface area (Å²) in [5.41, 5.74) is 0.810. The van der Waals surface area contributed by atoms with Crippen LogP contribution < -0.4 is 10.1 Å². The van der Waals surface area contributed by atoms with E-state index in [-0.39, 0.29) is 11.8 Å². The van der Waals surface area contributed by atoms with Crippen LogP contribution in [-0.2, 0) is 9.59 Å². The van der Waals surface area contributed by atoms with Crippen LogP contribution in [0.5, 0.6) is 5.75 Å². The van der Waals surface area contributed by atoms with Crippen LogP contribution >= 0.6 is 0 Å². The number of amides is 2. The van der Waals surface area contributed by atoms with Gasteiger partial charge in [0.1, 0.15) is 11.8 Å². The normalized spacial score (nSPS) is 15.6. The van der Waals surface area contributed by atoms with Gasteiger partial charge in [-0.2, -0.15) is 0 Å². The number of nitrogens with one attached hydrogen (secondary N) is 1. The fourth-order valence-electron chi connectivity index (χ4n) is 3.32. The average molecular weight is 396 g/mol. The Labute approximate surface area is 172 Å². The molecule has 0 aliphatic carbocycles. The highest BCUT2D eigenvalue weighted by Gasteiger charge is 2.29. The van der Waals surface area contributed by atoms with Crippen LogP contribution in [-0.4, -0.2) is 61.4 Å². The molecule has 0 unspecified atom stereocenters. The van der Waals surface area contributed by atoms with E-state index in [0.29, 0.717) is 32.5 Å². The zero-order valence-electron chi connectivity index (χ0n) is 16.9. The Morgan fingerprint density at radius 3 is 2.24 bits per heavy atom. The first-order chi connectivity index (χ1) is 14.1. The quantitative estimate of drug-likeness (QED) is 0.698. The molecule has 1 saturated heterocycles. The summed E-state index contributed by atoms with van der Waals surface area (Å²) in [6.45, 7) is 3.51. The van der Waals surface area contributed by atoms with Crippen molar-refractivity contribution in [1.82, 2.24) is 15.1 Å². The Morgan fingerprint density at radius 1 is 0.966 bits per heavy atom. The summed E-state index contributed by atoms with van der Waals surface area (Å²) < 4.78 is 5.64. The van der Waals surface area contributed by atoms with Gasteiger partial charge in [-0.25, -0.2) is 0 Å². The highest BCUT2D eigenvalue weighted by Crippen LogP contribution is 2.17. The molecule has 1 aliphatic rings. The largest absolute Gasteiger partial charge is 0.494 e. The second kappa shape index (κ2) is 10.6. The van der Waals surface area contributed by atoms with Gasteiger partial charge in [0.15, 0.2) is 0 Å². The van der Waals surface area contributed by atoms with Crippen LogP contribution in [0.1, 0.15) is 24.4 Å². The number of benzene rings is 2. The third-order valence-corrected chi connectivity index (χ3v) is 5.06. The van der Waals surface area contributed by atoms with Crippen molar-refractivity contribution in [1.29, 1.82) is 0 Å². The van der Waals surface area contributed by atoms with Gasteiger partial charge in [0.2, 0.25) is 11.8 Å². The summed E-state index contributed by atoms with van der Waals surface area (Å²) >= 11 is 0. The third kappa shape index (κ3) is 6.32. The van der Waals surface area contributed by atoms with E-state index in [9.17, 15) is 9.59 Å². The molecule has 3 rings (SSSR count). The summed E-state index contributed by atoms with van der Waals surface area (Å²) in [6.07, 6.45) is 0.900. The van der Waals surface area contributed by atoms with E-state index in [1.807, 2.05) is 65.6 Å². The van der Waals surface area contributed by atoms with Crippen molar-refractivity contribution in [3.63, 3.8) is 0 Å². The zero-order chi connectivity index (χ0) is 20.5. The topological polar surface area (TPSA) is 61.9 Å².